The van der Waals surface area contributed by atoms with Gasteiger partial charge in [0.2, 0.25) is 0 Å². The van der Waals surface area contributed by atoms with Gasteiger partial charge in [0.15, 0.2) is 0 Å². The van der Waals surface area contributed by atoms with Crippen LogP contribution in [-0.4, -0.2) is 17.0 Å². The average molecular weight is 210 g/mol. The van der Waals surface area contributed by atoms with Crippen molar-refractivity contribution in [3.05, 3.63) is 35.9 Å². The van der Waals surface area contributed by atoms with Gasteiger partial charge >= 0.3 is 0 Å². The maximum absolute atomic E-state index is 9.39. The van der Waals surface area contributed by atoms with E-state index < -0.39 is 0 Å². The molecule has 0 aromatic heterocycles. The van der Waals surface area contributed by atoms with Crippen LogP contribution in [0.1, 0.15) is 31.2 Å². The fourth-order valence-corrected chi connectivity index (χ4v) is 2.03. The summed E-state index contributed by atoms with van der Waals surface area (Å²) in [6, 6.07) is 10.3. The van der Waals surface area contributed by atoms with Crippen LogP contribution in [0.2, 0.25) is 0 Å². The van der Waals surface area contributed by atoms with Crippen LogP contribution in [0.25, 0.3) is 0 Å². The molecule has 1 nitrogen and oxygen atoms in total. The molecule has 14 heavy (non-hydrogen) atoms. The van der Waals surface area contributed by atoms with Crippen LogP contribution in [0.15, 0.2) is 30.3 Å². The Balaban J connectivity index is 2.67. The van der Waals surface area contributed by atoms with Crippen LogP contribution < -0.4 is 0 Å². The van der Waals surface area contributed by atoms with E-state index >= 15 is 0 Å². The van der Waals surface area contributed by atoms with E-state index in [0.717, 1.165) is 18.6 Å². The van der Waals surface area contributed by atoms with Crippen LogP contribution in [0.3, 0.4) is 0 Å². The van der Waals surface area contributed by atoms with Crippen molar-refractivity contribution in [3.8, 4) is 0 Å². The zero-order valence-electron chi connectivity index (χ0n) is 8.56. The molecule has 0 aliphatic heterocycles. The minimum Gasteiger partial charge on any atom is -0.393 e. The molecule has 1 N–H and O–H groups in total. The molecular weight excluding hydrogens is 192 g/mol. The largest absolute Gasteiger partial charge is 0.393 e. The van der Waals surface area contributed by atoms with Gasteiger partial charge in [0.1, 0.15) is 0 Å². The first-order chi connectivity index (χ1) is 6.74. The van der Waals surface area contributed by atoms with Crippen molar-refractivity contribution in [1.29, 1.82) is 0 Å². The maximum Gasteiger partial charge on any atom is 0.0517 e. The minimum atomic E-state index is -0.236. The third kappa shape index (κ3) is 3.72. The van der Waals surface area contributed by atoms with Crippen LogP contribution in [-0.2, 0) is 0 Å². The van der Waals surface area contributed by atoms with Crippen molar-refractivity contribution in [2.24, 2.45) is 0 Å². The number of aliphatic hydroxyl groups excluding tert-OH is 1. The molecule has 78 valence electrons. The summed E-state index contributed by atoms with van der Waals surface area (Å²) in [5, 5.41) is 9.39. The standard InChI is InChI=1S/C12H18OS/c1-10(13)9-12(7-8-14)11-5-3-2-4-6-11/h2-6,10,12-14H,7-9H2,1H3. The molecule has 1 aromatic rings. The molecule has 0 aliphatic carbocycles. The first kappa shape index (κ1) is 11.6. The number of aliphatic hydroxyl groups is 1. The van der Waals surface area contributed by atoms with Gasteiger partial charge in [-0.15, -0.1) is 0 Å². The van der Waals surface area contributed by atoms with E-state index in [4.69, 9.17) is 0 Å². The third-order valence-corrected chi connectivity index (χ3v) is 2.63. The molecule has 0 aliphatic rings. The molecule has 1 rings (SSSR count). The van der Waals surface area contributed by atoms with Gasteiger partial charge in [-0.2, -0.15) is 12.6 Å². The molecule has 2 heteroatoms. The lowest BCUT2D eigenvalue weighted by molar-refractivity contribution is 0.173. The molecule has 0 fully saturated rings. The lowest BCUT2D eigenvalue weighted by Crippen LogP contribution is -2.09. The van der Waals surface area contributed by atoms with Crippen LogP contribution >= 0.6 is 12.6 Å². The van der Waals surface area contributed by atoms with Crippen molar-refractivity contribution in [1.82, 2.24) is 0 Å². The normalized spacial score (nSPS) is 15.1. The molecule has 1 aromatic carbocycles. The summed E-state index contributed by atoms with van der Waals surface area (Å²) in [5.41, 5.74) is 1.31. The summed E-state index contributed by atoms with van der Waals surface area (Å²) in [5.74, 6) is 1.31. The Morgan fingerprint density at radius 2 is 1.93 bits per heavy atom. The number of rotatable bonds is 5. The Labute approximate surface area is 91.6 Å². The molecule has 2 unspecified atom stereocenters. The Morgan fingerprint density at radius 3 is 2.43 bits per heavy atom. The van der Waals surface area contributed by atoms with E-state index in [1.807, 2.05) is 25.1 Å². The van der Waals surface area contributed by atoms with E-state index in [9.17, 15) is 5.11 Å². The van der Waals surface area contributed by atoms with Gasteiger partial charge in [-0.05, 0) is 37.0 Å². The van der Waals surface area contributed by atoms with Gasteiger partial charge in [-0.1, -0.05) is 30.3 Å². The van der Waals surface area contributed by atoms with Crippen molar-refractivity contribution in [3.63, 3.8) is 0 Å². The number of thiol groups is 1. The SMILES string of the molecule is CC(O)CC(CCS)c1ccccc1. The predicted octanol–water partition coefficient (Wildman–Crippen LogP) is 2.86. The van der Waals surface area contributed by atoms with Crippen LogP contribution in [0.4, 0.5) is 0 Å². The Morgan fingerprint density at radius 1 is 1.29 bits per heavy atom. The van der Waals surface area contributed by atoms with Crippen LogP contribution in [0, 0.1) is 0 Å². The zero-order valence-corrected chi connectivity index (χ0v) is 9.45. The number of benzene rings is 1. The third-order valence-electron chi connectivity index (χ3n) is 2.37. The highest BCUT2D eigenvalue weighted by Gasteiger charge is 2.12. The first-order valence-electron chi connectivity index (χ1n) is 5.08. The van der Waals surface area contributed by atoms with E-state index in [2.05, 4.69) is 24.8 Å². The summed E-state index contributed by atoms with van der Waals surface area (Å²) in [6.07, 6.45) is 1.61. The fourth-order valence-electron chi connectivity index (χ4n) is 1.71. The second-order valence-electron chi connectivity index (χ2n) is 3.70. The molecule has 0 bridgehead atoms. The number of hydrogen-bond acceptors (Lipinski definition) is 2. The topological polar surface area (TPSA) is 20.2 Å². The van der Waals surface area contributed by atoms with Gasteiger partial charge in [0.25, 0.3) is 0 Å². The molecule has 0 heterocycles. The minimum absolute atomic E-state index is 0.236. The van der Waals surface area contributed by atoms with Crippen molar-refractivity contribution >= 4 is 12.6 Å². The second kappa shape index (κ2) is 6.10. The summed E-state index contributed by atoms with van der Waals surface area (Å²) < 4.78 is 0. The Bertz CT molecular complexity index is 246. The predicted molar refractivity (Wildman–Crippen MR) is 64.0 cm³/mol. The molecule has 0 radical (unpaired) electrons. The van der Waals surface area contributed by atoms with Gasteiger partial charge < -0.3 is 5.11 Å². The summed E-state index contributed by atoms with van der Waals surface area (Å²) in [6.45, 7) is 1.84. The Hall–Kier alpha value is -0.470. The first-order valence-corrected chi connectivity index (χ1v) is 5.71. The van der Waals surface area contributed by atoms with E-state index in [1.54, 1.807) is 0 Å². The van der Waals surface area contributed by atoms with E-state index in [0.29, 0.717) is 5.92 Å². The zero-order chi connectivity index (χ0) is 10.4. The average Bonchev–Trinajstić information content (AvgIpc) is 2.18. The second-order valence-corrected chi connectivity index (χ2v) is 4.15. The van der Waals surface area contributed by atoms with Gasteiger partial charge in [0.05, 0.1) is 6.10 Å². The van der Waals surface area contributed by atoms with Crippen LogP contribution in [0.5, 0.6) is 0 Å². The molecule has 0 amide bonds. The molecular formula is C12H18OS. The molecule has 2 atom stereocenters. The highest BCUT2D eigenvalue weighted by Crippen LogP contribution is 2.24. The van der Waals surface area contributed by atoms with Gasteiger partial charge in [-0.25, -0.2) is 0 Å². The van der Waals surface area contributed by atoms with Crippen molar-refractivity contribution < 1.29 is 5.11 Å². The highest BCUT2D eigenvalue weighted by molar-refractivity contribution is 7.80. The smallest absolute Gasteiger partial charge is 0.0517 e. The molecule has 0 spiro atoms. The fraction of sp³-hybridized carbons (Fsp3) is 0.500. The molecule has 0 saturated heterocycles. The summed E-state index contributed by atoms with van der Waals surface area (Å²) in [4.78, 5) is 0. The summed E-state index contributed by atoms with van der Waals surface area (Å²) >= 11 is 4.25. The number of hydrogen-bond donors (Lipinski definition) is 2. The van der Waals surface area contributed by atoms with Gasteiger partial charge in [-0.3, -0.25) is 0 Å². The summed E-state index contributed by atoms with van der Waals surface area (Å²) in [7, 11) is 0. The lowest BCUT2D eigenvalue weighted by atomic mass is 9.91. The Kier molecular flexibility index (Phi) is 5.05. The molecule has 0 saturated carbocycles. The highest BCUT2D eigenvalue weighted by atomic mass is 32.1. The van der Waals surface area contributed by atoms with Crippen molar-refractivity contribution in [2.45, 2.75) is 31.8 Å². The maximum atomic E-state index is 9.39. The van der Waals surface area contributed by atoms with Gasteiger partial charge in [0, 0.05) is 0 Å². The monoisotopic (exact) mass is 210 g/mol. The van der Waals surface area contributed by atoms with E-state index in [1.165, 1.54) is 5.56 Å². The van der Waals surface area contributed by atoms with Crippen molar-refractivity contribution in [2.75, 3.05) is 5.75 Å². The quantitative estimate of drug-likeness (QED) is 0.716. The van der Waals surface area contributed by atoms with E-state index in [-0.39, 0.29) is 6.10 Å². The lowest BCUT2D eigenvalue weighted by Gasteiger charge is -2.17.